The molecule has 0 aliphatic carbocycles. The molecule has 8 nitrogen and oxygen atoms in total. The van der Waals surface area contributed by atoms with Crippen LogP contribution in [-0.2, 0) is 20.0 Å². The third kappa shape index (κ3) is 6.90. The average molecular weight is 522 g/mol. The number of halogens is 1. The molecule has 0 unspecified atom stereocenters. The first-order chi connectivity index (χ1) is 14.2. The van der Waals surface area contributed by atoms with E-state index in [-0.39, 0.29) is 24.0 Å². The van der Waals surface area contributed by atoms with Crippen molar-refractivity contribution >= 4 is 29.9 Å². The first-order valence-corrected chi connectivity index (χ1v) is 9.36. The summed E-state index contributed by atoms with van der Waals surface area (Å²) in [6, 6.07) is 15.6. The fourth-order valence-corrected chi connectivity index (χ4v) is 2.69. The number of nitrogens with one attached hydrogen (secondary N) is 2. The van der Waals surface area contributed by atoms with E-state index in [1.807, 2.05) is 43.4 Å². The molecule has 0 fully saturated rings. The smallest absolute Gasteiger partial charge is 0.191 e. The lowest BCUT2D eigenvalue weighted by atomic mass is 10.1. The van der Waals surface area contributed by atoms with E-state index in [1.54, 1.807) is 18.8 Å². The van der Waals surface area contributed by atoms with Crippen LogP contribution in [0.25, 0.3) is 0 Å². The van der Waals surface area contributed by atoms with Crippen molar-refractivity contribution in [2.45, 2.75) is 13.0 Å². The first kappa shape index (κ1) is 23.5. The van der Waals surface area contributed by atoms with Gasteiger partial charge in [-0.25, -0.2) is 4.98 Å². The molecule has 1 heterocycles. The summed E-state index contributed by atoms with van der Waals surface area (Å²) >= 11 is 0. The van der Waals surface area contributed by atoms with E-state index >= 15 is 0 Å². The highest BCUT2D eigenvalue weighted by atomic mass is 127. The summed E-state index contributed by atoms with van der Waals surface area (Å²) in [5.41, 5.74) is 1.21. The van der Waals surface area contributed by atoms with Crippen LogP contribution in [0.1, 0.15) is 11.4 Å². The van der Waals surface area contributed by atoms with E-state index in [0.717, 1.165) is 42.0 Å². The fraction of sp³-hybridized carbons (Fsp3) is 0.286. The van der Waals surface area contributed by atoms with E-state index in [0.29, 0.717) is 6.54 Å². The quantitative estimate of drug-likeness (QED) is 0.269. The van der Waals surface area contributed by atoms with Crippen molar-refractivity contribution in [1.29, 1.82) is 0 Å². The minimum absolute atomic E-state index is 0. The van der Waals surface area contributed by atoms with Gasteiger partial charge in [0.2, 0.25) is 0 Å². The maximum Gasteiger partial charge on any atom is 0.191 e. The number of hydrogen-bond donors (Lipinski definition) is 2. The lowest BCUT2D eigenvalue weighted by molar-refractivity contribution is 0.413. The Morgan fingerprint density at radius 3 is 2.20 bits per heavy atom. The summed E-state index contributed by atoms with van der Waals surface area (Å²) in [6.07, 6.45) is 2.41. The van der Waals surface area contributed by atoms with Crippen LogP contribution in [-0.4, -0.2) is 41.4 Å². The number of aryl methyl sites for hydroxylation is 1. The maximum atomic E-state index is 5.86. The molecule has 0 amide bonds. The van der Waals surface area contributed by atoms with Crippen molar-refractivity contribution in [2.24, 2.45) is 12.0 Å². The van der Waals surface area contributed by atoms with Gasteiger partial charge in [-0.2, -0.15) is 5.10 Å². The van der Waals surface area contributed by atoms with Crippen LogP contribution >= 0.6 is 24.0 Å². The Morgan fingerprint density at radius 2 is 1.63 bits per heavy atom. The van der Waals surface area contributed by atoms with Crippen LogP contribution in [0.15, 0.2) is 59.9 Å². The van der Waals surface area contributed by atoms with Gasteiger partial charge in [0.1, 0.15) is 29.4 Å². The molecule has 3 rings (SSSR count). The molecular formula is C21H27IN6O2. The molecule has 0 saturated heterocycles. The monoisotopic (exact) mass is 522 g/mol. The second kappa shape index (κ2) is 12.0. The highest BCUT2D eigenvalue weighted by Crippen LogP contribution is 2.24. The van der Waals surface area contributed by atoms with Crippen molar-refractivity contribution in [3.8, 4) is 17.2 Å². The SMILES string of the molecule is CN=C(NCCc1ccc(Oc2ccc(OC)cc2)cc1)NCc1ncnn1C.I. The minimum Gasteiger partial charge on any atom is -0.497 e. The van der Waals surface area contributed by atoms with Crippen LogP contribution in [0, 0.1) is 0 Å². The molecule has 0 bridgehead atoms. The predicted molar refractivity (Wildman–Crippen MR) is 128 cm³/mol. The van der Waals surface area contributed by atoms with Gasteiger partial charge < -0.3 is 20.1 Å². The molecule has 0 aliphatic heterocycles. The summed E-state index contributed by atoms with van der Waals surface area (Å²) in [5.74, 6) is 3.96. The van der Waals surface area contributed by atoms with Crippen molar-refractivity contribution in [3.05, 3.63) is 66.2 Å². The minimum atomic E-state index is 0. The van der Waals surface area contributed by atoms with E-state index in [9.17, 15) is 0 Å². The van der Waals surface area contributed by atoms with Crippen molar-refractivity contribution in [3.63, 3.8) is 0 Å². The van der Waals surface area contributed by atoms with Gasteiger partial charge in [0, 0.05) is 20.6 Å². The number of aromatic nitrogens is 3. The third-order valence-corrected chi connectivity index (χ3v) is 4.37. The van der Waals surface area contributed by atoms with Crippen LogP contribution in [0.5, 0.6) is 17.2 Å². The molecule has 0 spiro atoms. The number of guanidine groups is 1. The number of nitrogens with zero attached hydrogens (tertiary/aromatic N) is 4. The van der Waals surface area contributed by atoms with Gasteiger partial charge in [-0.3, -0.25) is 9.67 Å². The van der Waals surface area contributed by atoms with Gasteiger partial charge in [-0.1, -0.05) is 12.1 Å². The van der Waals surface area contributed by atoms with Gasteiger partial charge in [0.25, 0.3) is 0 Å². The Balaban J connectivity index is 0.00000320. The number of benzene rings is 2. The summed E-state index contributed by atoms with van der Waals surface area (Å²) in [4.78, 5) is 8.41. The van der Waals surface area contributed by atoms with Crippen molar-refractivity contribution < 1.29 is 9.47 Å². The Morgan fingerprint density at radius 1 is 1.00 bits per heavy atom. The third-order valence-electron chi connectivity index (χ3n) is 4.37. The zero-order chi connectivity index (χ0) is 20.5. The van der Waals surface area contributed by atoms with Crippen LogP contribution in [0.2, 0.25) is 0 Å². The standard InChI is InChI=1S/C21H26N6O2.HI/c1-22-21(24-14-20-25-15-26-27(20)2)23-13-12-16-4-6-18(7-5-16)29-19-10-8-17(28-3)9-11-19;/h4-11,15H,12-14H2,1-3H3,(H2,22,23,24);1H. The Bertz CT molecular complexity index is 925. The van der Waals surface area contributed by atoms with E-state index in [4.69, 9.17) is 9.47 Å². The molecule has 2 aromatic carbocycles. The topological polar surface area (TPSA) is 85.6 Å². The lowest BCUT2D eigenvalue weighted by Crippen LogP contribution is -2.38. The van der Waals surface area contributed by atoms with Gasteiger partial charge in [-0.05, 0) is 48.4 Å². The maximum absolute atomic E-state index is 5.86. The van der Waals surface area contributed by atoms with Crippen molar-refractivity contribution in [2.75, 3.05) is 20.7 Å². The number of aliphatic imine (C=N–C) groups is 1. The zero-order valence-corrected chi connectivity index (χ0v) is 19.7. The summed E-state index contributed by atoms with van der Waals surface area (Å²) < 4.78 is 12.7. The molecular weight excluding hydrogens is 495 g/mol. The normalized spacial score (nSPS) is 10.8. The zero-order valence-electron chi connectivity index (χ0n) is 17.3. The highest BCUT2D eigenvalue weighted by Gasteiger charge is 2.03. The van der Waals surface area contributed by atoms with Gasteiger partial charge in [0.15, 0.2) is 5.96 Å². The molecule has 0 atom stereocenters. The Kier molecular flexibility index (Phi) is 9.39. The summed E-state index contributed by atoms with van der Waals surface area (Å²) in [7, 11) is 5.26. The van der Waals surface area contributed by atoms with E-state index in [1.165, 1.54) is 11.9 Å². The molecule has 9 heteroatoms. The van der Waals surface area contributed by atoms with Crippen LogP contribution < -0.4 is 20.1 Å². The lowest BCUT2D eigenvalue weighted by Gasteiger charge is -2.12. The number of rotatable bonds is 8. The van der Waals surface area contributed by atoms with Crippen molar-refractivity contribution in [1.82, 2.24) is 25.4 Å². The summed E-state index contributed by atoms with van der Waals surface area (Å²) in [6.45, 7) is 1.32. The van der Waals surface area contributed by atoms with E-state index in [2.05, 4.69) is 37.8 Å². The fourth-order valence-electron chi connectivity index (χ4n) is 2.69. The number of hydrogen-bond acceptors (Lipinski definition) is 5. The highest BCUT2D eigenvalue weighted by molar-refractivity contribution is 14.0. The van der Waals surface area contributed by atoms with E-state index < -0.39 is 0 Å². The molecule has 0 saturated carbocycles. The van der Waals surface area contributed by atoms with Gasteiger partial charge >= 0.3 is 0 Å². The predicted octanol–water partition coefficient (Wildman–Crippen LogP) is 3.14. The number of methoxy groups -OCH3 is 1. The van der Waals surface area contributed by atoms with Crippen LogP contribution in [0.4, 0.5) is 0 Å². The molecule has 30 heavy (non-hydrogen) atoms. The number of ether oxygens (including phenoxy) is 2. The van der Waals surface area contributed by atoms with Gasteiger partial charge in [0.05, 0.1) is 13.7 Å². The largest absolute Gasteiger partial charge is 0.497 e. The molecule has 2 N–H and O–H groups in total. The molecule has 3 aromatic rings. The first-order valence-electron chi connectivity index (χ1n) is 9.36. The Labute approximate surface area is 193 Å². The average Bonchev–Trinajstić information content (AvgIpc) is 3.17. The molecule has 0 aliphatic rings. The molecule has 1 aromatic heterocycles. The molecule has 0 radical (unpaired) electrons. The second-order valence-corrected chi connectivity index (χ2v) is 6.32. The van der Waals surface area contributed by atoms with Gasteiger partial charge in [-0.15, -0.1) is 24.0 Å². The summed E-state index contributed by atoms with van der Waals surface area (Å²) in [5, 5.41) is 10.6. The Hall–Kier alpha value is -2.82. The molecule has 160 valence electrons. The van der Waals surface area contributed by atoms with Crippen LogP contribution in [0.3, 0.4) is 0 Å². The second-order valence-electron chi connectivity index (χ2n) is 6.32.